The van der Waals surface area contributed by atoms with Crippen LogP contribution in [0.3, 0.4) is 0 Å². The van der Waals surface area contributed by atoms with E-state index in [1.807, 2.05) is 0 Å². The normalized spacial score (nSPS) is 13.2. The molecule has 2 aromatic rings. The fourth-order valence-electron chi connectivity index (χ4n) is 5.26. The first-order valence-corrected chi connectivity index (χ1v) is 15.8. The summed E-state index contributed by atoms with van der Waals surface area (Å²) >= 11 is 0. The van der Waals surface area contributed by atoms with Gasteiger partial charge in [0.15, 0.2) is 0 Å². The van der Waals surface area contributed by atoms with Gasteiger partial charge in [-0.1, -0.05) is 88.4 Å². The van der Waals surface area contributed by atoms with E-state index in [0.717, 1.165) is 20.9 Å². The van der Waals surface area contributed by atoms with Gasteiger partial charge in [0.05, 0.1) is 74.4 Å². The predicted molar refractivity (Wildman–Crippen MR) is 169 cm³/mol. The Hall–Kier alpha value is -2.41. The quantitative estimate of drug-likeness (QED) is 0.0815. The third-order valence-electron chi connectivity index (χ3n) is 8.03. The largest absolute Gasteiger partial charge is 1.00 e. The number of carbonyl (C=O) groups excluding carboxylic acids is 5. The fraction of sp³-hybridized carbons (Fsp3) is 0.514. The van der Waals surface area contributed by atoms with E-state index >= 15 is 0 Å². The summed E-state index contributed by atoms with van der Waals surface area (Å²) in [5.41, 5.74) is 1.48. The molecule has 2 rings (SSSR count). The van der Waals surface area contributed by atoms with Gasteiger partial charge >= 0.3 is 59.1 Å². The Morgan fingerprint density at radius 1 is 0.596 bits per heavy atom. The standard InChI is InChI=1S/C34H47N3O12.CH4.2Na/c1-3-24(2)31(34(46)47)35(14-16-36(18-29(38)39)27(32(42)43)22-48-20-25-10-6-4-7-11-25)15-17-37(19-30(40)41)28(33(44)45)23-49-21-26-12-8-5-9-13-26;;;/h4-13,24,27-28,31H,3,14-23H2,1-2H3,(H,38,39)(H,40,41)(H,42,43)(H,44,45)(H,46,47);1H4;;/q;;2*+1/p-5/t24-,27+,28+,31-;;;/m0.../s1. The van der Waals surface area contributed by atoms with Crippen LogP contribution in [0.15, 0.2) is 60.7 Å². The van der Waals surface area contributed by atoms with Gasteiger partial charge in [0, 0.05) is 39.3 Å². The Labute approximate surface area is 349 Å². The van der Waals surface area contributed by atoms with Gasteiger partial charge in [0.1, 0.15) is 0 Å². The Kier molecular flexibility index (Phi) is 27.9. The molecule has 0 heterocycles. The van der Waals surface area contributed by atoms with Crippen molar-refractivity contribution in [3.8, 4) is 0 Å². The minimum atomic E-state index is -1.63. The summed E-state index contributed by atoms with van der Waals surface area (Å²) in [5, 5.41) is 59.9. The molecule has 0 amide bonds. The van der Waals surface area contributed by atoms with Crippen molar-refractivity contribution in [1.29, 1.82) is 0 Å². The van der Waals surface area contributed by atoms with Crippen molar-refractivity contribution < 1.29 is 118 Å². The van der Waals surface area contributed by atoms with E-state index < -0.39 is 80.2 Å². The molecule has 0 unspecified atom stereocenters. The first kappa shape index (κ1) is 51.7. The minimum Gasteiger partial charge on any atom is -0.549 e. The van der Waals surface area contributed by atoms with E-state index in [1.54, 1.807) is 74.5 Å². The average Bonchev–Trinajstić information content (AvgIpc) is 3.05. The van der Waals surface area contributed by atoms with Gasteiger partial charge in [-0.25, -0.2) is 0 Å². The number of benzene rings is 2. The minimum absolute atomic E-state index is 0. The van der Waals surface area contributed by atoms with Gasteiger partial charge < -0.3 is 59.0 Å². The van der Waals surface area contributed by atoms with Crippen molar-refractivity contribution in [2.45, 2.75) is 59.0 Å². The number of carboxylic acid groups (broad SMARTS) is 5. The zero-order valence-electron chi connectivity index (χ0n) is 29.6. The number of hydrogen-bond donors (Lipinski definition) is 0. The van der Waals surface area contributed by atoms with Crippen LogP contribution in [-0.4, -0.2) is 115 Å². The topological polar surface area (TPSA) is 229 Å². The van der Waals surface area contributed by atoms with Crippen molar-refractivity contribution in [2.75, 3.05) is 52.5 Å². The zero-order valence-corrected chi connectivity index (χ0v) is 33.6. The average molecular weight is 747 g/mol. The van der Waals surface area contributed by atoms with Gasteiger partial charge in [0.25, 0.3) is 0 Å². The molecule has 15 nitrogen and oxygen atoms in total. The molecule has 0 N–H and O–H groups in total. The molecule has 0 aromatic heterocycles. The molecule has 52 heavy (non-hydrogen) atoms. The number of hydrogen-bond acceptors (Lipinski definition) is 15. The van der Waals surface area contributed by atoms with Gasteiger partial charge in [0.2, 0.25) is 0 Å². The molecule has 0 spiro atoms. The van der Waals surface area contributed by atoms with Gasteiger partial charge in [-0.05, 0) is 17.0 Å². The zero-order chi connectivity index (χ0) is 36.3. The molecule has 0 aliphatic rings. The predicted octanol–water partition coefficient (Wildman–Crippen LogP) is -10.1. The molecule has 0 saturated carbocycles. The van der Waals surface area contributed by atoms with E-state index in [0.29, 0.717) is 6.42 Å². The molecule has 0 aliphatic carbocycles. The van der Waals surface area contributed by atoms with Crippen LogP contribution >= 0.6 is 0 Å². The fourth-order valence-corrected chi connectivity index (χ4v) is 5.26. The molecule has 0 radical (unpaired) electrons. The van der Waals surface area contributed by atoms with Crippen molar-refractivity contribution >= 4 is 29.8 Å². The Morgan fingerprint density at radius 3 is 1.23 bits per heavy atom. The van der Waals surface area contributed by atoms with Crippen LogP contribution in [-0.2, 0) is 46.7 Å². The van der Waals surface area contributed by atoms with Crippen LogP contribution in [0.2, 0.25) is 0 Å². The number of aliphatic carboxylic acids is 5. The summed E-state index contributed by atoms with van der Waals surface area (Å²) in [4.78, 5) is 63.3. The van der Waals surface area contributed by atoms with Crippen molar-refractivity contribution in [2.24, 2.45) is 5.92 Å². The maximum Gasteiger partial charge on any atom is 1.00 e. The second kappa shape index (κ2) is 28.1. The summed E-state index contributed by atoms with van der Waals surface area (Å²) in [6.07, 6.45) is 0.366. The molecule has 0 fully saturated rings. The van der Waals surface area contributed by atoms with Crippen molar-refractivity contribution in [1.82, 2.24) is 14.7 Å². The molecule has 278 valence electrons. The second-order valence-electron chi connectivity index (χ2n) is 11.5. The van der Waals surface area contributed by atoms with Crippen LogP contribution < -0.4 is 84.6 Å². The molecular weight excluding hydrogens is 700 g/mol. The van der Waals surface area contributed by atoms with Crippen molar-refractivity contribution in [3.05, 3.63) is 71.8 Å². The summed E-state index contributed by atoms with van der Waals surface area (Å²) in [6.45, 7) is -0.380. The molecular formula is C35H46N3Na2O12-3. The Balaban J connectivity index is 0. The Morgan fingerprint density at radius 2 is 0.942 bits per heavy atom. The van der Waals surface area contributed by atoms with Crippen LogP contribution in [0.4, 0.5) is 0 Å². The summed E-state index contributed by atoms with van der Waals surface area (Å²) in [7, 11) is 0. The molecule has 17 heteroatoms. The molecule has 2 aromatic carbocycles. The van der Waals surface area contributed by atoms with Crippen LogP contribution in [0, 0.1) is 5.92 Å². The van der Waals surface area contributed by atoms with E-state index in [1.165, 1.54) is 4.90 Å². The molecule has 0 aliphatic heterocycles. The number of carboxylic acids is 5. The summed E-state index contributed by atoms with van der Waals surface area (Å²) in [6, 6.07) is 13.2. The monoisotopic (exact) mass is 746 g/mol. The molecule has 0 saturated heterocycles. The van der Waals surface area contributed by atoms with E-state index in [4.69, 9.17) is 9.47 Å². The summed E-state index contributed by atoms with van der Waals surface area (Å²) in [5.74, 6) is -8.50. The van der Waals surface area contributed by atoms with E-state index in [9.17, 15) is 49.5 Å². The number of ether oxygens (including phenoxy) is 2. The summed E-state index contributed by atoms with van der Waals surface area (Å²) < 4.78 is 11.1. The van der Waals surface area contributed by atoms with Gasteiger partial charge in [-0.2, -0.15) is 0 Å². The third-order valence-corrected chi connectivity index (χ3v) is 8.03. The Bertz CT molecular complexity index is 1260. The molecule has 0 bridgehead atoms. The molecule has 4 atom stereocenters. The first-order valence-electron chi connectivity index (χ1n) is 15.8. The number of nitrogens with zero attached hydrogens (tertiary/aromatic N) is 3. The SMILES string of the molecule is C.CC[C@H](C)[C@@H](C(=O)[O-])N(CCN(CC(=O)[O-])[C@H](COCc1ccccc1)C(=O)[O-])CCN(CC(=O)[O-])[C@H](COCc1ccccc1)C(=O)[O-].[Na+].[Na+]. The van der Waals surface area contributed by atoms with Crippen LogP contribution in [0.1, 0.15) is 38.8 Å². The maximum atomic E-state index is 12.4. The van der Waals surface area contributed by atoms with Crippen LogP contribution in [0.25, 0.3) is 0 Å². The number of carbonyl (C=O) groups is 5. The third kappa shape index (κ3) is 19.1. The first-order chi connectivity index (χ1) is 23.3. The van der Waals surface area contributed by atoms with Gasteiger partial charge in [-0.15, -0.1) is 0 Å². The van der Waals surface area contributed by atoms with Crippen LogP contribution in [0.5, 0.6) is 0 Å². The van der Waals surface area contributed by atoms with E-state index in [2.05, 4.69) is 0 Å². The van der Waals surface area contributed by atoms with E-state index in [-0.39, 0.29) is 106 Å². The smallest absolute Gasteiger partial charge is 0.549 e. The van der Waals surface area contributed by atoms with Gasteiger partial charge in [-0.3, -0.25) is 14.7 Å². The number of rotatable bonds is 26. The second-order valence-corrected chi connectivity index (χ2v) is 11.5. The maximum absolute atomic E-state index is 12.4. The van der Waals surface area contributed by atoms with Crippen molar-refractivity contribution in [3.63, 3.8) is 0 Å².